The largest absolute Gasteiger partial charge is 0.374 e. The van der Waals surface area contributed by atoms with E-state index < -0.39 is 0 Å². The van der Waals surface area contributed by atoms with E-state index in [1.807, 2.05) is 30.5 Å². The van der Waals surface area contributed by atoms with E-state index in [4.69, 9.17) is 4.74 Å². The van der Waals surface area contributed by atoms with Crippen LogP contribution in [-0.2, 0) is 4.74 Å². The molecule has 2 aromatic rings. The first-order valence-corrected chi connectivity index (χ1v) is 7.13. The maximum Gasteiger partial charge on any atom is 0.226 e. The summed E-state index contributed by atoms with van der Waals surface area (Å²) in [6, 6.07) is 8.04. The lowest BCUT2D eigenvalue weighted by atomic mass is 10.2. The van der Waals surface area contributed by atoms with Crippen LogP contribution in [-0.4, -0.2) is 41.1 Å². The van der Waals surface area contributed by atoms with Crippen LogP contribution in [0.5, 0.6) is 0 Å². The van der Waals surface area contributed by atoms with Gasteiger partial charge in [0.25, 0.3) is 0 Å². The molecule has 94 valence electrons. The number of aromatic nitrogens is 2. The van der Waals surface area contributed by atoms with Gasteiger partial charge in [0.15, 0.2) is 0 Å². The highest BCUT2D eigenvalue weighted by atomic mass is 79.9. The summed E-state index contributed by atoms with van der Waals surface area (Å²) in [5.41, 5.74) is 0.990. The smallest absolute Gasteiger partial charge is 0.226 e. The standard InChI is InChI=1S/C13H14BrN3O/c14-7-11-9-17(5-6-18-11)13-15-8-10-3-1-2-4-12(10)16-13/h1-4,8,11H,5-7,9H2. The van der Waals surface area contributed by atoms with Gasteiger partial charge in [-0.1, -0.05) is 34.1 Å². The van der Waals surface area contributed by atoms with Gasteiger partial charge >= 0.3 is 0 Å². The SMILES string of the molecule is BrCC1CN(c2ncc3ccccc3n2)CCO1. The molecule has 1 aliphatic heterocycles. The lowest BCUT2D eigenvalue weighted by molar-refractivity contribution is 0.0565. The van der Waals surface area contributed by atoms with Crippen molar-refractivity contribution in [2.24, 2.45) is 0 Å². The van der Waals surface area contributed by atoms with Gasteiger partial charge in [0.05, 0.1) is 18.2 Å². The van der Waals surface area contributed by atoms with E-state index in [0.29, 0.717) is 0 Å². The molecule has 0 bridgehead atoms. The molecule has 0 N–H and O–H groups in total. The predicted molar refractivity (Wildman–Crippen MR) is 75.3 cm³/mol. The number of hydrogen-bond acceptors (Lipinski definition) is 4. The zero-order valence-electron chi connectivity index (χ0n) is 9.92. The Morgan fingerprint density at radius 3 is 3.17 bits per heavy atom. The monoisotopic (exact) mass is 307 g/mol. The van der Waals surface area contributed by atoms with Gasteiger partial charge in [0, 0.05) is 30.0 Å². The lowest BCUT2D eigenvalue weighted by Crippen LogP contribution is -2.44. The van der Waals surface area contributed by atoms with Crippen molar-refractivity contribution in [3.63, 3.8) is 0 Å². The van der Waals surface area contributed by atoms with Gasteiger partial charge in [0.2, 0.25) is 5.95 Å². The molecule has 0 aliphatic carbocycles. The van der Waals surface area contributed by atoms with Crippen molar-refractivity contribution in [2.75, 3.05) is 29.9 Å². The minimum absolute atomic E-state index is 0.217. The van der Waals surface area contributed by atoms with Crippen molar-refractivity contribution >= 4 is 32.8 Å². The first-order valence-electron chi connectivity index (χ1n) is 6.01. The number of morpholine rings is 1. The summed E-state index contributed by atoms with van der Waals surface area (Å²) in [6.07, 6.45) is 2.10. The topological polar surface area (TPSA) is 38.2 Å². The molecule has 0 saturated carbocycles. The van der Waals surface area contributed by atoms with Crippen molar-refractivity contribution in [3.05, 3.63) is 30.5 Å². The van der Waals surface area contributed by atoms with Crippen LogP contribution in [0, 0.1) is 0 Å². The number of alkyl halides is 1. The Labute approximate surface area is 114 Å². The van der Waals surface area contributed by atoms with E-state index in [9.17, 15) is 0 Å². The van der Waals surface area contributed by atoms with Crippen molar-refractivity contribution < 1.29 is 4.74 Å². The van der Waals surface area contributed by atoms with Gasteiger partial charge in [0.1, 0.15) is 0 Å². The Kier molecular flexibility index (Phi) is 3.43. The van der Waals surface area contributed by atoms with E-state index in [1.165, 1.54) is 0 Å². The summed E-state index contributed by atoms with van der Waals surface area (Å²) in [4.78, 5) is 11.2. The first-order chi connectivity index (χ1) is 8.86. The molecule has 0 amide bonds. The van der Waals surface area contributed by atoms with E-state index in [0.717, 1.165) is 41.9 Å². The maximum atomic E-state index is 5.62. The fourth-order valence-corrected chi connectivity index (χ4v) is 2.50. The molecule has 4 nitrogen and oxygen atoms in total. The van der Waals surface area contributed by atoms with E-state index in [2.05, 4.69) is 30.8 Å². The quantitative estimate of drug-likeness (QED) is 0.798. The number of halogens is 1. The van der Waals surface area contributed by atoms with Crippen molar-refractivity contribution in [3.8, 4) is 0 Å². The summed E-state index contributed by atoms with van der Waals surface area (Å²) in [7, 11) is 0. The van der Waals surface area contributed by atoms with Crippen molar-refractivity contribution in [1.82, 2.24) is 9.97 Å². The Morgan fingerprint density at radius 2 is 2.28 bits per heavy atom. The maximum absolute atomic E-state index is 5.62. The van der Waals surface area contributed by atoms with E-state index >= 15 is 0 Å². The Bertz CT molecular complexity index is 549. The molecule has 1 aromatic heterocycles. The molecular formula is C13H14BrN3O. The summed E-state index contributed by atoms with van der Waals surface area (Å²) in [5.74, 6) is 0.794. The van der Waals surface area contributed by atoms with Crippen LogP contribution in [0.1, 0.15) is 0 Å². The molecule has 5 heteroatoms. The van der Waals surface area contributed by atoms with Gasteiger partial charge in [-0.2, -0.15) is 0 Å². The minimum Gasteiger partial charge on any atom is -0.374 e. The third kappa shape index (κ3) is 2.33. The second-order valence-electron chi connectivity index (χ2n) is 4.32. The normalized spacial score (nSPS) is 20.3. The molecule has 1 aliphatic rings. The molecule has 1 aromatic carbocycles. The number of ether oxygens (including phenoxy) is 1. The molecule has 2 heterocycles. The Balaban J connectivity index is 1.89. The number of anilines is 1. The van der Waals surface area contributed by atoms with Crippen molar-refractivity contribution in [1.29, 1.82) is 0 Å². The number of nitrogens with zero attached hydrogens (tertiary/aromatic N) is 3. The number of fused-ring (bicyclic) bond motifs is 1. The van der Waals surface area contributed by atoms with Crippen LogP contribution < -0.4 is 4.90 Å². The molecule has 1 saturated heterocycles. The van der Waals surface area contributed by atoms with Gasteiger partial charge in [-0.05, 0) is 6.07 Å². The van der Waals surface area contributed by atoms with Crippen LogP contribution in [0.3, 0.4) is 0 Å². The summed E-state index contributed by atoms with van der Waals surface area (Å²) >= 11 is 3.46. The van der Waals surface area contributed by atoms with E-state index in [-0.39, 0.29) is 6.10 Å². The van der Waals surface area contributed by atoms with Crippen LogP contribution >= 0.6 is 15.9 Å². The van der Waals surface area contributed by atoms with Crippen LogP contribution in [0.4, 0.5) is 5.95 Å². The van der Waals surface area contributed by atoms with Gasteiger partial charge in [-0.15, -0.1) is 0 Å². The predicted octanol–water partition coefficient (Wildman–Crippen LogP) is 2.23. The highest BCUT2D eigenvalue weighted by Gasteiger charge is 2.21. The Morgan fingerprint density at radius 1 is 1.39 bits per heavy atom. The zero-order valence-corrected chi connectivity index (χ0v) is 11.5. The summed E-state index contributed by atoms with van der Waals surface area (Å²) in [6.45, 7) is 2.41. The summed E-state index contributed by atoms with van der Waals surface area (Å²) < 4.78 is 5.62. The average molecular weight is 308 g/mol. The Hall–Kier alpha value is -1.20. The second-order valence-corrected chi connectivity index (χ2v) is 4.97. The van der Waals surface area contributed by atoms with Crippen LogP contribution in [0.2, 0.25) is 0 Å². The number of para-hydroxylation sites is 1. The molecular weight excluding hydrogens is 294 g/mol. The number of hydrogen-bond donors (Lipinski definition) is 0. The lowest BCUT2D eigenvalue weighted by Gasteiger charge is -2.32. The second kappa shape index (κ2) is 5.20. The van der Waals surface area contributed by atoms with Gasteiger partial charge in [-0.25, -0.2) is 9.97 Å². The van der Waals surface area contributed by atoms with Crippen LogP contribution in [0.25, 0.3) is 10.9 Å². The summed E-state index contributed by atoms with van der Waals surface area (Å²) in [5, 5.41) is 1.92. The zero-order chi connectivity index (χ0) is 12.4. The molecule has 1 unspecified atom stereocenters. The highest BCUT2D eigenvalue weighted by Crippen LogP contribution is 2.17. The fourth-order valence-electron chi connectivity index (χ4n) is 2.11. The average Bonchev–Trinajstić information content (AvgIpc) is 2.47. The molecule has 18 heavy (non-hydrogen) atoms. The van der Waals surface area contributed by atoms with Crippen LogP contribution in [0.15, 0.2) is 30.5 Å². The highest BCUT2D eigenvalue weighted by molar-refractivity contribution is 9.09. The molecule has 0 spiro atoms. The third-order valence-electron chi connectivity index (χ3n) is 3.07. The van der Waals surface area contributed by atoms with Gasteiger partial charge < -0.3 is 9.64 Å². The van der Waals surface area contributed by atoms with Crippen molar-refractivity contribution in [2.45, 2.75) is 6.10 Å². The number of rotatable bonds is 2. The number of benzene rings is 1. The molecule has 0 radical (unpaired) electrons. The molecule has 1 atom stereocenters. The van der Waals surface area contributed by atoms with E-state index in [1.54, 1.807) is 0 Å². The third-order valence-corrected chi connectivity index (χ3v) is 3.79. The molecule has 3 rings (SSSR count). The fraction of sp³-hybridized carbons (Fsp3) is 0.385. The van der Waals surface area contributed by atoms with Gasteiger partial charge in [-0.3, -0.25) is 0 Å². The minimum atomic E-state index is 0.217. The molecule has 1 fully saturated rings. The first kappa shape index (κ1) is 11.9.